The Morgan fingerprint density at radius 3 is 2.74 bits per heavy atom. The van der Waals surface area contributed by atoms with Crippen LogP contribution in [0.4, 0.5) is 10.1 Å². The number of amides is 1. The van der Waals surface area contributed by atoms with E-state index in [1.807, 2.05) is 38.1 Å². The average Bonchev–Trinajstić information content (AvgIpc) is 3.40. The minimum atomic E-state index is -0.389. The van der Waals surface area contributed by atoms with E-state index in [2.05, 4.69) is 15.5 Å². The molecule has 1 amide bonds. The number of aromatic nitrogens is 3. The van der Waals surface area contributed by atoms with Crippen LogP contribution in [0.1, 0.15) is 16.9 Å². The summed E-state index contributed by atoms with van der Waals surface area (Å²) >= 11 is 1.24. The summed E-state index contributed by atoms with van der Waals surface area (Å²) in [4.78, 5) is 12.5. The number of carbonyl (C=O) groups excluding carboxylic acids is 1. The summed E-state index contributed by atoms with van der Waals surface area (Å²) in [5, 5.41) is 11.9. The van der Waals surface area contributed by atoms with Crippen LogP contribution in [0.15, 0.2) is 70.4 Å². The van der Waals surface area contributed by atoms with Crippen molar-refractivity contribution in [1.29, 1.82) is 0 Å². The lowest BCUT2D eigenvalue weighted by atomic mass is 10.1. The second kappa shape index (κ2) is 9.18. The van der Waals surface area contributed by atoms with Gasteiger partial charge in [-0.1, -0.05) is 36.0 Å². The molecule has 4 rings (SSSR count). The van der Waals surface area contributed by atoms with Crippen molar-refractivity contribution in [2.24, 2.45) is 0 Å². The lowest BCUT2D eigenvalue weighted by Gasteiger charge is -2.11. The fourth-order valence-corrected chi connectivity index (χ4v) is 3.86. The zero-order chi connectivity index (χ0) is 21.8. The Balaban J connectivity index is 1.55. The molecule has 0 fully saturated rings. The Labute approximate surface area is 183 Å². The Hall–Kier alpha value is -3.39. The van der Waals surface area contributed by atoms with Gasteiger partial charge in [0.2, 0.25) is 5.91 Å². The van der Waals surface area contributed by atoms with Gasteiger partial charge in [0.05, 0.1) is 24.1 Å². The van der Waals surface area contributed by atoms with Crippen LogP contribution < -0.4 is 5.32 Å². The first kappa shape index (κ1) is 20.9. The fraction of sp³-hybridized carbons (Fsp3) is 0.174. The number of aryl methyl sites for hydroxylation is 2. The Morgan fingerprint density at radius 1 is 1.13 bits per heavy atom. The summed E-state index contributed by atoms with van der Waals surface area (Å²) in [5.41, 5.74) is 3.19. The van der Waals surface area contributed by atoms with Crippen molar-refractivity contribution in [3.8, 4) is 11.4 Å². The molecule has 0 aliphatic carbocycles. The highest BCUT2D eigenvalue weighted by Gasteiger charge is 2.19. The first-order valence-corrected chi connectivity index (χ1v) is 10.7. The third kappa shape index (κ3) is 4.86. The quantitative estimate of drug-likeness (QED) is 0.409. The molecule has 0 spiro atoms. The first-order valence-electron chi connectivity index (χ1n) is 9.71. The van der Waals surface area contributed by atoms with Crippen molar-refractivity contribution in [2.75, 3.05) is 11.1 Å². The topological polar surface area (TPSA) is 73.0 Å². The molecule has 0 saturated carbocycles. The minimum absolute atomic E-state index is 0.140. The van der Waals surface area contributed by atoms with Crippen LogP contribution in [0.5, 0.6) is 0 Å². The number of rotatable bonds is 7. The van der Waals surface area contributed by atoms with Crippen LogP contribution in [0, 0.1) is 19.7 Å². The second-order valence-corrected chi connectivity index (χ2v) is 8.05. The molecule has 0 bridgehead atoms. The molecule has 2 heterocycles. The van der Waals surface area contributed by atoms with Crippen LogP contribution in [0.3, 0.4) is 0 Å². The largest absolute Gasteiger partial charge is 0.467 e. The van der Waals surface area contributed by atoms with Crippen molar-refractivity contribution < 1.29 is 13.6 Å². The van der Waals surface area contributed by atoms with E-state index in [9.17, 15) is 9.18 Å². The molecule has 8 heteroatoms. The van der Waals surface area contributed by atoms with E-state index < -0.39 is 0 Å². The molecule has 0 saturated heterocycles. The molecule has 6 nitrogen and oxygen atoms in total. The molecule has 1 N–H and O–H groups in total. The second-order valence-electron chi connectivity index (χ2n) is 7.11. The summed E-state index contributed by atoms with van der Waals surface area (Å²) in [5.74, 6) is 0.658. The van der Waals surface area contributed by atoms with Gasteiger partial charge in [0, 0.05) is 5.69 Å². The van der Waals surface area contributed by atoms with Crippen LogP contribution in [-0.2, 0) is 11.3 Å². The van der Waals surface area contributed by atoms with E-state index in [0.29, 0.717) is 28.8 Å². The number of halogens is 1. The smallest absolute Gasteiger partial charge is 0.234 e. The number of hydrogen-bond donors (Lipinski definition) is 1. The van der Waals surface area contributed by atoms with E-state index in [0.717, 1.165) is 16.8 Å². The molecule has 4 aromatic rings. The van der Waals surface area contributed by atoms with Gasteiger partial charge in [0.25, 0.3) is 0 Å². The zero-order valence-electron chi connectivity index (χ0n) is 17.1. The van der Waals surface area contributed by atoms with Crippen LogP contribution in [0.2, 0.25) is 0 Å². The molecular weight excluding hydrogens is 415 g/mol. The summed E-state index contributed by atoms with van der Waals surface area (Å²) in [6.45, 7) is 4.25. The minimum Gasteiger partial charge on any atom is -0.467 e. The van der Waals surface area contributed by atoms with Crippen molar-refractivity contribution in [3.05, 3.63) is 83.6 Å². The van der Waals surface area contributed by atoms with Gasteiger partial charge in [-0.25, -0.2) is 4.39 Å². The highest BCUT2D eigenvalue weighted by atomic mass is 32.2. The Bertz CT molecular complexity index is 1200. The number of furan rings is 1. The summed E-state index contributed by atoms with van der Waals surface area (Å²) in [7, 11) is 0. The predicted molar refractivity (Wildman–Crippen MR) is 118 cm³/mol. The van der Waals surface area contributed by atoms with Crippen molar-refractivity contribution in [3.63, 3.8) is 0 Å². The molecule has 2 aromatic carbocycles. The van der Waals surface area contributed by atoms with Gasteiger partial charge >= 0.3 is 0 Å². The number of hydrogen-bond acceptors (Lipinski definition) is 5. The summed E-state index contributed by atoms with van der Waals surface area (Å²) in [6.07, 6.45) is 1.58. The normalized spacial score (nSPS) is 10.9. The fourth-order valence-electron chi connectivity index (χ4n) is 3.13. The highest BCUT2D eigenvalue weighted by Crippen LogP contribution is 2.27. The molecule has 0 unspecified atom stereocenters. The molecule has 0 aliphatic rings. The first-order chi connectivity index (χ1) is 15.0. The van der Waals surface area contributed by atoms with Crippen molar-refractivity contribution in [1.82, 2.24) is 14.8 Å². The van der Waals surface area contributed by atoms with Crippen LogP contribution in [0.25, 0.3) is 11.4 Å². The number of anilines is 1. The number of nitrogens with zero attached hydrogens (tertiary/aromatic N) is 3. The third-order valence-corrected chi connectivity index (χ3v) is 5.69. The Morgan fingerprint density at radius 2 is 1.97 bits per heavy atom. The maximum Gasteiger partial charge on any atom is 0.234 e. The summed E-state index contributed by atoms with van der Waals surface area (Å²) in [6, 6.07) is 15.9. The lowest BCUT2D eigenvalue weighted by Crippen LogP contribution is -2.15. The van der Waals surface area contributed by atoms with E-state index in [4.69, 9.17) is 4.42 Å². The van der Waals surface area contributed by atoms with Gasteiger partial charge < -0.3 is 9.73 Å². The van der Waals surface area contributed by atoms with E-state index in [1.54, 1.807) is 35.1 Å². The maximum absolute atomic E-state index is 14.4. The van der Waals surface area contributed by atoms with Gasteiger partial charge in [-0.3, -0.25) is 9.36 Å². The molecule has 31 heavy (non-hydrogen) atoms. The monoisotopic (exact) mass is 436 g/mol. The maximum atomic E-state index is 14.4. The number of nitrogens with one attached hydrogen (secondary N) is 1. The Kier molecular flexibility index (Phi) is 6.18. The third-order valence-electron chi connectivity index (χ3n) is 4.73. The molecule has 0 atom stereocenters. The summed E-state index contributed by atoms with van der Waals surface area (Å²) < 4.78 is 21.6. The molecule has 158 valence electrons. The van der Waals surface area contributed by atoms with Crippen molar-refractivity contribution in [2.45, 2.75) is 25.5 Å². The van der Waals surface area contributed by atoms with E-state index >= 15 is 0 Å². The van der Waals surface area contributed by atoms with E-state index in [-0.39, 0.29) is 17.5 Å². The van der Waals surface area contributed by atoms with E-state index in [1.165, 1.54) is 17.8 Å². The van der Waals surface area contributed by atoms with Gasteiger partial charge in [0.15, 0.2) is 11.0 Å². The number of thioether (sulfide) groups is 1. The number of carbonyl (C=O) groups is 1. The van der Waals surface area contributed by atoms with Gasteiger partial charge in [-0.15, -0.1) is 10.2 Å². The highest BCUT2D eigenvalue weighted by molar-refractivity contribution is 7.99. The van der Waals surface area contributed by atoms with Crippen molar-refractivity contribution >= 4 is 23.4 Å². The SMILES string of the molecule is Cc1ccc(C)c(NC(=O)CSc2nnc(-c3ccccc3F)n2Cc2ccco2)c1. The van der Waals surface area contributed by atoms with Crippen LogP contribution >= 0.6 is 11.8 Å². The lowest BCUT2D eigenvalue weighted by molar-refractivity contribution is -0.113. The molecule has 0 radical (unpaired) electrons. The van der Waals surface area contributed by atoms with Crippen LogP contribution in [-0.4, -0.2) is 26.4 Å². The van der Waals surface area contributed by atoms with Gasteiger partial charge in [0.1, 0.15) is 11.6 Å². The van der Waals surface area contributed by atoms with Gasteiger partial charge in [-0.05, 0) is 55.3 Å². The molecule has 0 aliphatic heterocycles. The molecule has 2 aromatic heterocycles. The standard InChI is InChI=1S/C23H21FN4O2S/c1-15-9-10-16(2)20(12-15)25-21(29)14-31-23-27-26-22(18-7-3-4-8-19(18)24)28(23)13-17-6-5-11-30-17/h3-12H,13-14H2,1-2H3,(H,25,29). The number of benzene rings is 2. The average molecular weight is 437 g/mol. The molecular formula is C23H21FN4O2S. The van der Waals surface area contributed by atoms with Gasteiger partial charge in [-0.2, -0.15) is 0 Å². The zero-order valence-corrected chi connectivity index (χ0v) is 17.9. The predicted octanol–water partition coefficient (Wildman–Crippen LogP) is 5.07.